The summed E-state index contributed by atoms with van der Waals surface area (Å²) in [6.45, 7) is 3.49. The number of nitro groups is 2. The molecule has 5 rings (SSSR count). The third-order valence-electron chi connectivity index (χ3n) is 9.40. The summed E-state index contributed by atoms with van der Waals surface area (Å²) in [5, 5.41) is 26.9. The molecule has 1 aliphatic heterocycles. The molecule has 4 aromatic rings. The SMILES string of the molecule is CN1CCCN(CC(=O)NNC(=O)Nc2ccc([N+](=O)[O-])cc2)Cc2ccccc2OCCOc2ccccc2CN(CC(=O)NNC(=O)Nc2ccc([N+](=O)[O-])cc2)CCC1. The molecule has 0 aromatic heterocycles. The predicted molar refractivity (Wildman–Crippen MR) is 228 cm³/mol. The Hall–Kier alpha value is -7.36. The van der Waals surface area contributed by atoms with E-state index in [1.807, 2.05) is 65.4 Å². The lowest BCUT2D eigenvalue weighted by molar-refractivity contribution is -0.385. The molecule has 6 amide bonds. The minimum absolute atomic E-state index is 0.0552. The number of non-ortho nitro benzene ring substituents is 2. The number of benzene rings is 4. The van der Waals surface area contributed by atoms with Gasteiger partial charge < -0.3 is 25.0 Å². The Balaban J connectivity index is 1.19. The van der Waals surface area contributed by atoms with Gasteiger partial charge in [0.2, 0.25) is 0 Å². The van der Waals surface area contributed by atoms with E-state index in [4.69, 9.17) is 9.47 Å². The first-order valence-electron chi connectivity index (χ1n) is 19.7. The van der Waals surface area contributed by atoms with Crippen molar-refractivity contribution in [2.45, 2.75) is 25.9 Å². The molecule has 0 spiro atoms. The maximum atomic E-state index is 13.1. The van der Waals surface area contributed by atoms with Gasteiger partial charge in [-0.1, -0.05) is 36.4 Å². The number of nitrogens with one attached hydrogen (secondary N) is 6. The Bertz CT molecular complexity index is 2010. The molecule has 0 saturated heterocycles. The number of hydrogen-bond acceptors (Lipinski definition) is 13. The molecule has 0 atom stereocenters. The highest BCUT2D eigenvalue weighted by molar-refractivity contribution is 5.92. The van der Waals surface area contributed by atoms with Crippen LogP contribution in [-0.4, -0.2) is 108 Å². The number of fused-ring (bicyclic) bond motifs is 2. The number of carbonyl (C=O) groups is 4. The summed E-state index contributed by atoms with van der Waals surface area (Å²) < 4.78 is 12.3. The molecular weight excluding hydrogens is 807 g/mol. The van der Waals surface area contributed by atoms with Crippen molar-refractivity contribution < 1.29 is 38.5 Å². The second-order valence-electron chi connectivity index (χ2n) is 14.2. The Morgan fingerprint density at radius 1 is 0.565 bits per heavy atom. The van der Waals surface area contributed by atoms with Gasteiger partial charge in [-0.2, -0.15) is 0 Å². The Kier molecular flexibility index (Phi) is 17.3. The zero-order valence-electron chi connectivity index (χ0n) is 34.0. The molecule has 6 N–H and O–H groups in total. The predicted octanol–water partition coefficient (Wildman–Crippen LogP) is 4.00. The van der Waals surface area contributed by atoms with E-state index in [0.717, 1.165) is 11.1 Å². The van der Waals surface area contributed by atoms with E-state index in [-0.39, 0.29) is 37.7 Å². The van der Waals surface area contributed by atoms with Crippen molar-refractivity contribution in [1.29, 1.82) is 0 Å². The molecule has 0 bridgehead atoms. The van der Waals surface area contributed by atoms with Crippen LogP contribution in [0.2, 0.25) is 0 Å². The van der Waals surface area contributed by atoms with E-state index in [0.29, 0.717) is 75.0 Å². The number of rotatable bonds is 8. The van der Waals surface area contributed by atoms with Crippen molar-refractivity contribution in [2.75, 3.05) is 70.2 Å². The molecule has 1 aliphatic rings. The average Bonchev–Trinajstić information content (AvgIpc) is 3.25. The Labute approximate surface area is 356 Å². The third kappa shape index (κ3) is 15.3. The number of para-hydroxylation sites is 2. The lowest BCUT2D eigenvalue weighted by Crippen LogP contribution is -2.48. The molecule has 62 heavy (non-hydrogen) atoms. The molecule has 0 saturated carbocycles. The standard InChI is InChI=1S/C41H49N11O10/c1-48-20-6-22-49(28-38(53)44-46-40(55)42-32-12-16-34(17-13-32)51(57)58)26-30-8-2-4-10-36(30)61-24-25-62-37-11-5-3-9-31(37)27-50(23-7-21-48)29-39(54)45-47-41(56)43-33-14-18-35(19-15-33)52(59)60/h2-5,8-19H,6-7,20-29H2,1H3,(H,44,53)(H,45,54)(H2,42,46,55)(H2,43,47,56). The molecule has 1 heterocycles. The van der Waals surface area contributed by atoms with Gasteiger partial charge in [0.05, 0.1) is 22.9 Å². The Morgan fingerprint density at radius 2 is 0.952 bits per heavy atom. The van der Waals surface area contributed by atoms with E-state index >= 15 is 0 Å². The minimum atomic E-state index is -0.729. The molecule has 328 valence electrons. The van der Waals surface area contributed by atoms with E-state index in [1.54, 1.807) is 0 Å². The fourth-order valence-corrected chi connectivity index (χ4v) is 6.40. The fraction of sp³-hybridized carbons (Fsp3) is 0.317. The van der Waals surface area contributed by atoms with Crippen molar-refractivity contribution in [3.8, 4) is 11.5 Å². The van der Waals surface area contributed by atoms with E-state index in [1.165, 1.54) is 48.5 Å². The molecule has 21 nitrogen and oxygen atoms in total. The molecule has 0 aliphatic carbocycles. The summed E-state index contributed by atoms with van der Waals surface area (Å²) in [6, 6.07) is 24.1. The summed E-state index contributed by atoms with van der Waals surface area (Å²) in [5.74, 6) is 0.311. The highest BCUT2D eigenvalue weighted by Crippen LogP contribution is 2.23. The Morgan fingerprint density at radius 3 is 1.34 bits per heavy atom. The van der Waals surface area contributed by atoms with Gasteiger partial charge in [0.1, 0.15) is 24.7 Å². The van der Waals surface area contributed by atoms with Crippen molar-refractivity contribution >= 4 is 46.6 Å². The number of hydrazine groups is 2. The van der Waals surface area contributed by atoms with Crippen LogP contribution in [0.15, 0.2) is 97.1 Å². The summed E-state index contributed by atoms with van der Waals surface area (Å²) in [7, 11) is 1.99. The van der Waals surface area contributed by atoms with E-state index in [9.17, 15) is 39.4 Å². The lowest BCUT2D eigenvalue weighted by atomic mass is 10.1. The van der Waals surface area contributed by atoms with Crippen LogP contribution in [0, 0.1) is 20.2 Å². The number of carbonyl (C=O) groups excluding carboxylic acids is 4. The van der Waals surface area contributed by atoms with Crippen molar-refractivity contribution in [3.05, 3.63) is 128 Å². The first-order chi connectivity index (χ1) is 29.9. The maximum absolute atomic E-state index is 13.1. The minimum Gasteiger partial charge on any atom is -0.490 e. The number of urea groups is 2. The quantitative estimate of drug-likeness (QED) is 0.108. The van der Waals surface area contributed by atoms with Gasteiger partial charge in [-0.05, 0) is 69.4 Å². The lowest BCUT2D eigenvalue weighted by Gasteiger charge is -2.26. The summed E-state index contributed by atoms with van der Waals surface area (Å²) in [5.41, 5.74) is 11.5. The van der Waals surface area contributed by atoms with Crippen LogP contribution in [-0.2, 0) is 22.7 Å². The van der Waals surface area contributed by atoms with Crippen LogP contribution in [0.5, 0.6) is 11.5 Å². The zero-order valence-corrected chi connectivity index (χ0v) is 34.0. The van der Waals surface area contributed by atoms with Crippen molar-refractivity contribution in [2.24, 2.45) is 0 Å². The molecule has 0 fully saturated rings. The molecule has 21 heteroatoms. The first-order valence-corrected chi connectivity index (χ1v) is 19.7. The van der Waals surface area contributed by atoms with Crippen molar-refractivity contribution in [1.82, 2.24) is 36.4 Å². The van der Waals surface area contributed by atoms with Crippen LogP contribution >= 0.6 is 0 Å². The summed E-state index contributed by atoms with van der Waals surface area (Å²) in [4.78, 5) is 78.0. The topological polar surface area (TPSA) is 255 Å². The zero-order chi connectivity index (χ0) is 44.3. The van der Waals surface area contributed by atoms with Crippen LogP contribution in [0.25, 0.3) is 0 Å². The average molecular weight is 856 g/mol. The van der Waals surface area contributed by atoms with Gasteiger partial charge in [0.25, 0.3) is 23.2 Å². The smallest absolute Gasteiger partial charge is 0.337 e. The van der Waals surface area contributed by atoms with Gasteiger partial charge in [-0.25, -0.2) is 20.4 Å². The van der Waals surface area contributed by atoms with Crippen molar-refractivity contribution in [3.63, 3.8) is 0 Å². The number of ether oxygens (including phenoxy) is 2. The highest BCUT2D eigenvalue weighted by atomic mass is 16.6. The third-order valence-corrected chi connectivity index (χ3v) is 9.40. The van der Waals surface area contributed by atoms with Gasteiger partial charge in [0.15, 0.2) is 0 Å². The van der Waals surface area contributed by atoms with Gasteiger partial charge >= 0.3 is 12.1 Å². The highest BCUT2D eigenvalue weighted by Gasteiger charge is 2.18. The number of nitrogens with zero attached hydrogens (tertiary/aromatic N) is 5. The molecule has 4 aromatic carbocycles. The first kappa shape index (κ1) is 45.7. The summed E-state index contributed by atoms with van der Waals surface area (Å²) >= 11 is 0. The van der Waals surface area contributed by atoms with Gasteiger partial charge in [-0.15, -0.1) is 0 Å². The van der Waals surface area contributed by atoms with Crippen LogP contribution in [0.4, 0.5) is 32.3 Å². The largest absolute Gasteiger partial charge is 0.490 e. The fourth-order valence-electron chi connectivity index (χ4n) is 6.40. The molecular formula is C41H49N11O10. The van der Waals surface area contributed by atoms with Crippen LogP contribution < -0.4 is 41.8 Å². The monoisotopic (exact) mass is 855 g/mol. The maximum Gasteiger partial charge on any atom is 0.337 e. The van der Waals surface area contributed by atoms with Crippen LogP contribution in [0.1, 0.15) is 24.0 Å². The normalized spacial score (nSPS) is 14.6. The second kappa shape index (κ2) is 23.4. The number of anilines is 2. The van der Waals surface area contributed by atoms with Gasteiger partial charge in [-0.3, -0.25) is 50.5 Å². The van der Waals surface area contributed by atoms with E-state index in [2.05, 4.69) is 37.2 Å². The molecule has 0 radical (unpaired) electrons. The molecule has 0 unspecified atom stereocenters. The summed E-state index contributed by atoms with van der Waals surface area (Å²) in [6.07, 6.45) is 1.39. The number of amides is 6. The van der Waals surface area contributed by atoms with Crippen LogP contribution in [0.3, 0.4) is 0 Å². The van der Waals surface area contributed by atoms with E-state index < -0.39 is 33.7 Å². The number of hydrogen-bond donors (Lipinski definition) is 6. The number of nitro benzene ring substituents is 2. The second-order valence-corrected chi connectivity index (χ2v) is 14.2. The van der Waals surface area contributed by atoms with Gasteiger partial charge in [0, 0.05) is 72.9 Å².